The smallest absolute Gasteiger partial charge is 0.257 e. The van der Waals surface area contributed by atoms with Crippen molar-refractivity contribution in [1.29, 1.82) is 0 Å². The van der Waals surface area contributed by atoms with Gasteiger partial charge in [0, 0.05) is 16.0 Å². The lowest BCUT2D eigenvalue weighted by Crippen LogP contribution is -2.12. The van der Waals surface area contributed by atoms with Crippen LogP contribution in [0.1, 0.15) is 26.4 Å². The summed E-state index contributed by atoms with van der Waals surface area (Å²) in [6.07, 6.45) is 0. The molecule has 1 heterocycles. The van der Waals surface area contributed by atoms with E-state index in [-0.39, 0.29) is 5.91 Å². The van der Waals surface area contributed by atoms with E-state index in [0.29, 0.717) is 10.7 Å². The van der Waals surface area contributed by atoms with Crippen LogP contribution in [0.2, 0.25) is 0 Å². The average Bonchev–Trinajstić information content (AvgIpc) is 2.95. The molecule has 0 atom stereocenters. The van der Waals surface area contributed by atoms with Crippen molar-refractivity contribution in [2.45, 2.75) is 20.8 Å². The Balaban J connectivity index is 1.87. The van der Waals surface area contributed by atoms with E-state index in [4.69, 9.17) is 4.74 Å². The van der Waals surface area contributed by atoms with E-state index in [9.17, 15) is 4.79 Å². The molecule has 25 heavy (non-hydrogen) atoms. The van der Waals surface area contributed by atoms with Crippen LogP contribution in [0.15, 0.2) is 42.5 Å². The second-order valence-corrected chi connectivity index (χ2v) is 7.08. The molecular formula is C20H20N2O2S. The number of rotatable bonds is 4. The molecule has 0 saturated carbocycles. The zero-order valence-corrected chi connectivity index (χ0v) is 15.5. The van der Waals surface area contributed by atoms with Gasteiger partial charge in [-0.05, 0) is 56.2 Å². The van der Waals surface area contributed by atoms with Gasteiger partial charge in [-0.2, -0.15) is 0 Å². The lowest BCUT2D eigenvalue weighted by atomic mass is 10.1. The van der Waals surface area contributed by atoms with E-state index in [1.54, 1.807) is 7.11 Å². The molecule has 1 aromatic heterocycles. The van der Waals surface area contributed by atoms with Crippen molar-refractivity contribution < 1.29 is 9.53 Å². The van der Waals surface area contributed by atoms with Crippen LogP contribution in [0, 0.1) is 20.8 Å². The lowest BCUT2D eigenvalue weighted by Gasteiger charge is -2.06. The number of thiazole rings is 1. The molecule has 0 aliphatic carbocycles. The Hall–Kier alpha value is -2.66. The van der Waals surface area contributed by atoms with Crippen molar-refractivity contribution >= 4 is 22.4 Å². The minimum atomic E-state index is -0.135. The number of carbonyl (C=O) groups excluding carboxylic acids is 1. The average molecular weight is 352 g/mol. The summed E-state index contributed by atoms with van der Waals surface area (Å²) in [4.78, 5) is 18.1. The van der Waals surface area contributed by atoms with Crippen LogP contribution in [-0.2, 0) is 0 Å². The first-order chi connectivity index (χ1) is 12.0. The molecule has 0 fully saturated rings. The Bertz CT molecular complexity index is 931. The zero-order chi connectivity index (χ0) is 18.0. The van der Waals surface area contributed by atoms with Crippen molar-refractivity contribution in [2.24, 2.45) is 0 Å². The van der Waals surface area contributed by atoms with Crippen molar-refractivity contribution in [2.75, 3.05) is 12.4 Å². The number of hydrogen-bond acceptors (Lipinski definition) is 4. The molecule has 5 heteroatoms. The van der Waals surface area contributed by atoms with E-state index in [1.807, 2.05) is 63.2 Å². The quantitative estimate of drug-likeness (QED) is 0.719. The Morgan fingerprint density at radius 1 is 1.08 bits per heavy atom. The van der Waals surface area contributed by atoms with Crippen LogP contribution in [-0.4, -0.2) is 18.0 Å². The van der Waals surface area contributed by atoms with Gasteiger partial charge >= 0.3 is 0 Å². The SMILES string of the molecule is COc1ccc(-c2nc(NC(=O)c3ccccc3C)sc2C)cc1C. The van der Waals surface area contributed by atoms with E-state index in [2.05, 4.69) is 10.3 Å². The van der Waals surface area contributed by atoms with Gasteiger partial charge in [0.15, 0.2) is 5.13 Å². The number of hydrogen-bond donors (Lipinski definition) is 1. The first kappa shape index (κ1) is 17.2. The Morgan fingerprint density at radius 2 is 1.84 bits per heavy atom. The van der Waals surface area contributed by atoms with E-state index in [0.717, 1.165) is 33.0 Å². The molecular weight excluding hydrogens is 332 g/mol. The van der Waals surface area contributed by atoms with Gasteiger partial charge in [-0.3, -0.25) is 10.1 Å². The van der Waals surface area contributed by atoms with Crippen LogP contribution in [0.25, 0.3) is 11.3 Å². The molecule has 0 spiro atoms. The number of aromatic nitrogens is 1. The highest BCUT2D eigenvalue weighted by Gasteiger charge is 2.15. The number of aryl methyl sites for hydroxylation is 3. The predicted octanol–water partition coefficient (Wildman–Crippen LogP) is 5.00. The molecule has 3 aromatic rings. The molecule has 128 valence electrons. The van der Waals surface area contributed by atoms with Crippen LogP contribution in [0.3, 0.4) is 0 Å². The largest absolute Gasteiger partial charge is 0.496 e. The molecule has 1 N–H and O–H groups in total. The molecule has 0 aliphatic heterocycles. The van der Waals surface area contributed by atoms with Crippen molar-refractivity contribution in [1.82, 2.24) is 4.98 Å². The van der Waals surface area contributed by atoms with Crippen LogP contribution < -0.4 is 10.1 Å². The number of methoxy groups -OCH3 is 1. The maximum absolute atomic E-state index is 12.5. The van der Waals surface area contributed by atoms with E-state index >= 15 is 0 Å². The second-order valence-electron chi connectivity index (χ2n) is 5.88. The molecule has 0 bridgehead atoms. The number of nitrogens with one attached hydrogen (secondary N) is 1. The molecule has 0 unspecified atom stereocenters. The maximum Gasteiger partial charge on any atom is 0.257 e. The standard InChI is InChI=1S/C20H20N2O2S/c1-12-7-5-6-8-16(12)19(23)22-20-21-18(14(3)25-20)15-9-10-17(24-4)13(2)11-15/h5-11H,1-4H3,(H,21,22,23). The zero-order valence-electron chi connectivity index (χ0n) is 14.7. The molecule has 0 aliphatic rings. The summed E-state index contributed by atoms with van der Waals surface area (Å²) in [5, 5.41) is 3.52. The summed E-state index contributed by atoms with van der Waals surface area (Å²) in [6.45, 7) is 5.94. The van der Waals surface area contributed by atoms with Gasteiger partial charge < -0.3 is 4.74 Å². The topological polar surface area (TPSA) is 51.2 Å². The van der Waals surface area contributed by atoms with Crippen molar-refractivity contribution in [3.63, 3.8) is 0 Å². The third-order valence-electron chi connectivity index (χ3n) is 4.08. The van der Waals surface area contributed by atoms with Crippen LogP contribution >= 0.6 is 11.3 Å². The highest BCUT2D eigenvalue weighted by molar-refractivity contribution is 7.16. The first-order valence-corrected chi connectivity index (χ1v) is 8.80. The third-order valence-corrected chi connectivity index (χ3v) is 4.96. The summed E-state index contributed by atoms with van der Waals surface area (Å²) < 4.78 is 5.31. The molecule has 3 rings (SSSR count). The Morgan fingerprint density at radius 3 is 2.52 bits per heavy atom. The van der Waals surface area contributed by atoms with Gasteiger partial charge in [0.1, 0.15) is 5.75 Å². The second kappa shape index (κ2) is 7.07. The van der Waals surface area contributed by atoms with Gasteiger partial charge in [-0.25, -0.2) is 4.98 Å². The summed E-state index contributed by atoms with van der Waals surface area (Å²) in [6, 6.07) is 13.5. The lowest BCUT2D eigenvalue weighted by molar-refractivity contribution is 0.102. The molecule has 1 amide bonds. The molecule has 4 nitrogen and oxygen atoms in total. The predicted molar refractivity (Wildman–Crippen MR) is 103 cm³/mol. The minimum absolute atomic E-state index is 0.135. The minimum Gasteiger partial charge on any atom is -0.496 e. The monoisotopic (exact) mass is 352 g/mol. The Labute approximate surface area is 151 Å². The fourth-order valence-corrected chi connectivity index (χ4v) is 3.57. The normalized spacial score (nSPS) is 10.6. The summed E-state index contributed by atoms with van der Waals surface area (Å²) in [5.74, 6) is 0.717. The van der Waals surface area contributed by atoms with Crippen molar-refractivity contribution in [3.8, 4) is 17.0 Å². The number of amides is 1. The fraction of sp³-hybridized carbons (Fsp3) is 0.200. The number of benzene rings is 2. The highest BCUT2D eigenvalue weighted by atomic mass is 32.1. The van der Waals surface area contributed by atoms with Crippen LogP contribution in [0.4, 0.5) is 5.13 Å². The van der Waals surface area contributed by atoms with Gasteiger partial charge in [0.25, 0.3) is 5.91 Å². The highest BCUT2D eigenvalue weighted by Crippen LogP contribution is 2.33. The summed E-state index contributed by atoms with van der Waals surface area (Å²) >= 11 is 1.48. The third kappa shape index (κ3) is 3.56. The van der Waals surface area contributed by atoms with E-state index in [1.165, 1.54) is 11.3 Å². The fourth-order valence-electron chi connectivity index (χ4n) is 2.74. The van der Waals surface area contributed by atoms with Crippen molar-refractivity contribution in [3.05, 3.63) is 64.0 Å². The summed E-state index contributed by atoms with van der Waals surface area (Å²) in [7, 11) is 1.66. The van der Waals surface area contributed by atoms with Gasteiger partial charge in [0.2, 0.25) is 0 Å². The number of ether oxygens (including phenoxy) is 1. The number of nitrogens with zero attached hydrogens (tertiary/aromatic N) is 1. The molecule has 0 saturated heterocycles. The van der Waals surface area contributed by atoms with E-state index < -0.39 is 0 Å². The summed E-state index contributed by atoms with van der Waals surface area (Å²) in [5.41, 5.74) is 4.56. The number of anilines is 1. The Kier molecular flexibility index (Phi) is 4.86. The number of carbonyl (C=O) groups is 1. The van der Waals surface area contributed by atoms with Gasteiger partial charge in [-0.15, -0.1) is 11.3 Å². The van der Waals surface area contributed by atoms with Gasteiger partial charge in [-0.1, -0.05) is 18.2 Å². The first-order valence-electron chi connectivity index (χ1n) is 7.99. The van der Waals surface area contributed by atoms with Gasteiger partial charge in [0.05, 0.1) is 12.8 Å². The molecule has 2 aromatic carbocycles. The van der Waals surface area contributed by atoms with Crippen LogP contribution in [0.5, 0.6) is 5.75 Å². The molecule has 0 radical (unpaired) electrons. The maximum atomic E-state index is 12.5.